The lowest BCUT2D eigenvalue weighted by atomic mass is 10.0. The van der Waals surface area contributed by atoms with Crippen LogP contribution in [0.3, 0.4) is 0 Å². The van der Waals surface area contributed by atoms with Gasteiger partial charge in [-0.25, -0.2) is 0 Å². The Labute approximate surface area is 182 Å². The Morgan fingerprint density at radius 2 is 1.70 bits per heavy atom. The standard InChI is InChI=1S/C17H23F9N4O3/c1-14(17(24,25)26,12-9-11(16(21,22)23)28-29(12)2)33-30(3)32-8-6-4-5-7-13(31)27-10-15(18,19)20/h9H,4-8,10H2,1-3H3,(H,27,31). The van der Waals surface area contributed by atoms with Crippen molar-refractivity contribution in [3.8, 4) is 0 Å². The second-order valence-corrected chi connectivity index (χ2v) is 7.13. The van der Waals surface area contributed by atoms with Crippen LogP contribution in [0.5, 0.6) is 0 Å². The van der Waals surface area contributed by atoms with E-state index in [-0.39, 0.29) is 31.9 Å². The molecule has 7 nitrogen and oxygen atoms in total. The van der Waals surface area contributed by atoms with E-state index in [9.17, 15) is 44.3 Å². The first-order valence-electron chi connectivity index (χ1n) is 9.44. The maximum atomic E-state index is 13.7. The number of aryl methyl sites for hydroxylation is 1. The molecule has 33 heavy (non-hydrogen) atoms. The molecule has 16 heteroatoms. The van der Waals surface area contributed by atoms with Gasteiger partial charge >= 0.3 is 18.5 Å². The predicted molar refractivity (Wildman–Crippen MR) is 93.9 cm³/mol. The maximum absolute atomic E-state index is 13.7. The van der Waals surface area contributed by atoms with Crippen molar-refractivity contribution in [3.05, 3.63) is 17.5 Å². The second-order valence-electron chi connectivity index (χ2n) is 7.13. The van der Waals surface area contributed by atoms with Gasteiger partial charge < -0.3 is 5.32 Å². The Kier molecular flexibility index (Phi) is 9.57. The summed E-state index contributed by atoms with van der Waals surface area (Å²) >= 11 is 0. The van der Waals surface area contributed by atoms with Gasteiger partial charge in [-0.05, 0) is 25.8 Å². The number of alkyl halides is 9. The second kappa shape index (κ2) is 10.9. The fraction of sp³-hybridized carbons (Fsp3) is 0.765. The number of aromatic nitrogens is 2. The van der Waals surface area contributed by atoms with Crippen LogP contribution in [-0.2, 0) is 33.3 Å². The Hall–Kier alpha value is -2.07. The minimum Gasteiger partial charge on any atom is -0.347 e. The fourth-order valence-corrected chi connectivity index (χ4v) is 2.62. The smallest absolute Gasteiger partial charge is 0.347 e. The van der Waals surface area contributed by atoms with E-state index in [1.165, 1.54) is 0 Å². The highest BCUT2D eigenvalue weighted by molar-refractivity contribution is 5.75. The summed E-state index contributed by atoms with van der Waals surface area (Å²) in [6.45, 7) is -1.12. The maximum Gasteiger partial charge on any atom is 0.435 e. The third-order valence-corrected chi connectivity index (χ3v) is 4.32. The van der Waals surface area contributed by atoms with Crippen LogP contribution in [0, 0.1) is 0 Å². The van der Waals surface area contributed by atoms with Crippen LogP contribution in [0.1, 0.15) is 44.0 Å². The van der Waals surface area contributed by atoms with Crippen molar-refractivity contribution >= 4 is 5.91 Å². The number of hydroxylamine groups is 2. The Morgan fingerprint density at radius 3 is 2.18 bits per heavy atom. The topological polar surface area (TPSA) is 68.6 Å². The SMILES string of the molecule is CN(OCCCCCC(=O)NCC(F)(F)F)OC(C)(c1cc(C(F)(F)F)nn1C)C(F)(F)F. The predicted octanol–water partition coefficient (Wildman–Crippen LogP) is 4.25. The van der Waals surface area contributed by atoms with Gasteiger partial charge in [0.05, 0.1) is 12.3 Å². The van der Waals surface area contributed by atoms with Crippen LogP contribution in [-0.4, -0.2) is 53.5 Å². The zero-order valence-corrected chi connectivity index (χ0v) is 17.8. The van der Waals surface area contributed by atoms with E-state index < -0.39 is 48.0 Å². The summed E-state index contributed by atoms with van der Waals surface area (Å²) in [5.41, 5.74) is -5.67. The van der Waals surface area contributed by atoms with Gasteiger partial charge in [-0.2, -0.15) is 44.6 Å². The largest absolute Gasteiger partial charge is 0.435 e. The molecule has 0 saturated carbocycles. The number of amides is 1. The Morgan fingerprint density at radius 1 is 1.09 bits per heavy atom. The molecule has 1 aromatic rings. The lowest BCUT2D eigenvalue weighted by Crippen LogP contribution is -2.47. The number of carbonyl (C=O) groups excluding carboxylic acids is 1. The summed E-state index contributed by atoms with van der Waals surface area (Å²) in [5, 5.41) is 5.11. The molecule has 0 spiro atoms. The van der Waals surface area contributed by atoms with Crippen molar-refractivity contribution in [1.82, 2.24) is 20.3 Å². The summed E-state index contributed by atoms with van der Waals surface area (Å²) < 4.78 is 116. The van der Waals surface area contributed by atoms with E-state index in [0.717, 1.165) is 14.1 Å². The highest BCUT2D eigenvalue weighted by Crippen LogP contribution is 2.43. The number of nitrogens with zero attached hydrogens (tertiary/aromatic N) is 3. The summed E-state index contributed by atoms with van der Waals surface area (Å²) in [5.74, 6) is -0.802. The van der Waals surface area contributed by atoms with Gasteiger partial charge in [-0.15, -0.1) is 0 Å². The van der Waals surface area contributed by atoms with Crippen LogP contribution in [0.25, 0.3) is 0 Å². The van der Waals surface area contributed by atoms with Crippen LogP contribution in [0.4, 0.5) is 39.5 Å². The van der Waals surface area contributed by atoms with Gasteiger partial charge in [0.15, 0.2) is 5.69 Å². The molecule has 0 bridgehead atoms. The van der Waals surface area contributed by atoms with E-state index >= 15 is 0 Å². The van der Waals surface area contributed by atoms with Crippen molar-refractivity contribution in [1.29, 1.82) is 0 Å². The van der Waals surface area contributed by atoms with E-state index in [2.05, 4.69) is 5.10 Å². The molecule has 0 aliphatic carbocycles. The van der Waals surface area contributed by atoms with Gasteiger partial charge in [0.25, 0.3) is 0 Å². The molecule has 0 radical (unpaired) electrons. The van der Waals surface area contributed by atoms with E-state index in [1.807, 2.05) is 0 Å². The number of halogens is 9. The minimum atomic E-state index is -5.15. The number of rotatable bonds is 11. The zero-order valence-electron chi connectivity index (χ0n) is 17.8. The van der Waals surface area contributed by atoms with Crippen molar-refractivity contribution < 1.29 is 54.0 Å². The fourth-order valence-electron chi connectivity index (χ4n) is 2.62. The summed E-state index contributed by atoms with van der Waals surface area (Å²) in [6.07, 6.45) is -14.1. The lowest BCUT2D eigenvalue weighted by molar-refractivity contribution is -0.442. The molecule has 1 heterocycles. The zero-order chi connectivity index (χ0) is 25.7. The van der Waals surface area contributed by atoms with Gasteiger partial charge in [-0.3, -0.25) is 19.2 Å². The van der Waals surface area contributed by atoms with Crippen LogP contribution in [0.2, 0.25) is 0 Å². The number of hydrogen-bond acceptors (Lipinski definition) is 5. The third kappa shape index (κ3) is 9.00. The van der Waals surface area contributed by atoms with Gasteiger partial charge in [0, 0.05) is 20.5 Å². The molecule has 0 saturated heterocycles. The first-order valence-corrected chi connectivity index (χ1v) is 9.44. The van der Waals surface area contributed by atoms with Crippen molar-refractivity contribution in [3.63, 3.8) is 0 Å². The summed E-state index contributed by atoms with van der Waals surface area (Å²) in [4.78, 5) is 21.0. The molecule has 1 aromatic heterocycles. The molecule has 0 aromatic carbocycles. The Balaban J connectivity index is 2.59. The monoisotopic (exact) mass is 502 g/mol. The Bertz CT molecular complexity index is 777. The average molecular weight is 502 g/mol. The molecule has 1 amide bonds. The first-order chi connectivity index (χ1) is 14.9. The number of carbonyl (C=O) groups is 1. The highest BCUT2D eigenvalue weighted by atomic mass is 19.4. The molecule has 0 fully saturated rings. The number of hydrogen-bond donors (Lipinski definition) is 1. The number of unbranched alkanes of at least 4 members (excludes halogenated alkanes) is 2. The van der Waals surface area contributed by atoms with Crippen molar-refractivity contribution in [2.75, 3.05) is 20.2 Å². The van der Waals surface area contributed by atoms with E-state index in [0.29, 0.717) is 23.3 Å². The molecular formula is C17H23F9N4O3. The lowest BCUT2D eigenvalue weighted by Gasteiger charge is -2.34. The first kappa shape index (κ1) is 29.0. The van der Waals surface area contributed by atoms with Gasteiger partial charge in [-0.1, -0.05) is 11.6 Å². The molecule has 1 N–H and O–H groups in total. The average Bonchev–Trinajstić information content (AvgIpc) is 3.04. The van der Waals surface area contributed by atoms with Crippen LogP contribution < -0.4 is 5.32 Å². The van der Waals surface area contributed by atoms with Gasteiger partial charge in [0.2, 0.25) is 11.5 Å². The minimum absolute atomic E-state index is 0.184. The molecule has 192 valence electrons. The summed E-state index contributed by atoms with van der Waals surface area (Å²) in [6, 6.07) is 0.227. The molecular weight excluding hydrogens is 479 g/mol. The normalized spacial score (nSPS) is 15.1. The van der Waals surface area contributed by atoms with Crippen LogP contribution in [0.15, 0.2) is 6.07 Å². The van der Waals surface area contributed by atoms with Crippen molar-refractivity contribution in [2.24, 2.45) is 7.05 Å². The van der Waals surface area contributed by atoms with Crippen LogP contribution >= 0.6 is 0 Å². The van der Waals surface area contributed by atoms with E-state index in [1.54, 1.807) is 5.32 Å². The van der Waals surface area contributed by atoms with E-state index in [4.69, 9.17) is 9.68 Å². The molecule has 1 unspecified atom stereocenters. The molecule has 1 atom stereocenters. The molecule has 0 aliphatic heterocycles. The summed E-state index contributed by atoms with van der Waals surface area (Å²) in [7, 11) is 1.87. The molecule has 1 rings (SSSR count). The molecule has 0 aliphatic rings. The number of nitrogens with one attached hydrogen (secondary N) is 1. The third-order valence-electron chi connectivity index (χ3n) is 4.32. The quantitative estimate of drug-likeness (QED) is 0.279. The highest BCUT2D eigenvalue weighted by Gasteiger charge is 2.58. The van der Waals surface area contributed by atoms with Gasteiger partial charge in [0.1, 0.15) is 6.54 Å². The van der Waals surface area contributed by atoms with Crippen molar-refractivity contribution in [2.45, 2.75) is 56.7 Å².